The largest absolute Gasteiger partial charge is 0.468 e. The predicted octanol–water partition coefficient (Wildman–Crippen LogP) is 2.66. The molecule has 0 fully saturated rings. The van der Waals surface area contributed by atoms with Crippen LogP contribution in [0.2, 0.25) is 5.02 Å². The number of esters is 1. The summed E-state index contributed by atoms with van der Waals surface area (Å²) in [5, 5.41) is 0.316. The molecule has 0 aromatic heterocycles. The lowest BCUT2D eigenvalue weighted by atomic mass is 9.98. The number of benzene rings is 1. The van der Waals surface area contributed by atoms with Crippen molar-refractivity contribution in [1.82, 2.24) is 4.72 Å². The van der Waals surface area contributed by atoms with Crippen LogP contribution >= 0.6 is 11.6 Å². The Kier molecular flexibility index (Phi) is 5.78. The van der Waals surface area contributed by atoms with Crippen molar-refractivity contribution in [3.63, 3.8) is 0 Å². The maximum Gasteiger partial charge on any atom is 0.326 e. The third-order valence-corrected chi connectivity index (χ3v) is 5.16. The summed E-state index contributed by atoms with van der Waals surface area (Å²) >= 11 is 5.86. The van der Waals surface area contributed by atoms with E-state index < -0.39 is 21.5 Å². The zero-order chi connectivity index (χ0) is 16.3. The molecule has 1 aromatic carbocycles. The average Bonchev–Trinajstić information content (AvgIpc) is 2.40. The van der Waals surface area contributed by atoms with E-state index in [1.54, 1.807) is 19.1 Å². The second-order valence-corrected chi connectivity index (χ2v) is 7.18. The highest BCUT2D eigenvalue weighted by Gasteiger charge is 2.38. The summed E-state index contributed by atoms with van der Waals surface area (Å²) in [6.45, 7) is 5.04. The first-order valence-corrected chi connectivity index (χ1v) is 8.41. The lowest BCUT2D eigenvalue weighted by molar-refractivity contribution is -0.147. The van der Waals surface area contributed by atoms with Crippen LogP contribution < -0.4 is 4.72 Å². The Hall–Kier alpha value is -1.11. The number of hydrogen-bond donors (Lipinski definition) is 1. The Morgan fingerprint density at radius 3 is 2.57 bits per heavy atom. The van der Waals surface area contributed by atoms with Gasteiger partial charge in [0.15, 0.2) is 0 Å². The third-order valence-electron chi connectivity index (χ3n) is 3.19. The molecule has 1 atom stereocenters. The van der Waals surface area contributed by atoms with Gasteiger partial charge in [-0.2, -0.15) is 4.72 Å². The van der Waals surface area contributed by atoms with Crippen LogP contribution in [0.15, 0.2) is 23.1 Å². The summed E-state index contributed by atoms with van der Waals surface area (Å²) in [6, 6.07) is 4.59. The lowest BCUT2D eigenvalue weighted by Gasteiger charge is -2.27. The van der Waals surface area contributed by atoms with Gasteiger partial charge in [0.1, 0.15) is 5.54 Å². The highest BCUT2D eigenvalue weighted by Crippen LogP contribution is 2.23. The fourth-order valence-corrected chi connectivity index (χ4v) is 4.03. The minimum Gasteiger partial charge on any atom is -0.468 e. The van der Waals surface area contributed by atoms with Crippen LogP contribution in [0.25, 0.3) is 0 Å². The summed E-state index contributed by atoms with van der Waals surface area (Å²) < 4.78 is 32.2. The average molecular weight is 334 g/mol. The minimum absolute atomic E-state index is 0.0567. The Balaban J connectivity index is 3.24. The van der Waals surface area contributed by atoms with E-state index in [4.69, 9.17) is 16.3 Å². The summed E-state index contributed by atoms with van der Waals surface area (Å²) in [5.74, 6) is -0.618. The Labute approximate surface area is 130 Å². The van der Waals surface area contributed by atoms with E-state index >= 15 is 0 Å². The summed E-state index contributed by atoms with van der Waals surface area (Å²) in [6.07, 6.45) is 0.959. The molecular formula is C14H20ClNO4S. The van der Waals surface area contributed by atoms with Crippen LogP contribution in [0, 0.1) is 6.92 Å². The zero-order valence-electron chi connectivity index (χ0n) is 12.6. The first-order chi connectivity index (χ1) is 9.66. The van der Waals surface area contributed by atoms with Crippen molar-refractivity contribution in [1.29, 1.82) is 0 Å². The molecule has 21 heavy (non-hydrogen) atoms. The molecule has 0 spiro atoms. The predicted molar refractivity (Wildman–Crippen MR) is 81.8 cm³/mol. The van der Waals surface area contributed by atoms with Gasteiger partial charge in [0.2, 0.25) is 10.0 Å². The van der Waals surface area contributed by atoms with Crippen molar-refractivity contribution >= 4 is 27.6 Å². The molecule has 1 unspecified atom stereocenters. The minimum atomic E-state index is -3.88. The number of nitrogens with one attached hydrogen (secondary N) is 1. The Morgan fingerprint density at radius 1 is 1.43 bits per heavy atom. The van der Waals surface area contributed by atoms with Gasteiger partial charge < -0.3 is 4.74 Å². The molecule has 1 rings (SSSR count). The van der Waals surface area contributed by atoms with Crippen molar-refractivity contribution < 1.29 is 17.9 Å². The van der Waals surface area contributed by atoms with Gasteiger partial charge in [0.25, 0.3) is 0 Å². The molecule has 0 radical (unpaired) electrons. The molecule has 1 N–H and O–H groups in total. The van der Waals surface area contributed by atoms with Crippen LogP contribution in [0.4, 0.5) is 0 Å². The van der Waals surface area contributed by atoms with Gasteiger partial charge in [-0.15, -0.1) is 0 Å². The molecule has 0 aliphatic heterocycles. The van der Waals surface area contributed by atoms with Crippen LogP contribution in [0.3, 0.4) is 0 Å². The van der Waals surface area contributed by atoms with Crippen molar-refractivity contribution in [3.8, 4) is 0 Å². The first-order valence-electron chi connectivity index (χ1n) is 6.55. The van der Waals surface area contributed by atoms with Gasteiger partial charge in [-0.3, -0.25) is 4.79 Å². The molecule has 0 bridgehead atoms. The quantitative estimate of drug-likeness (QED) is 0.812. The summed E-state index contributed by atoms with van der Waals surface area (Å²) in [7, 11) is -2.65. The van der Waals surface area contributed by atoms with Crippen LogP contribution in [-0.2, 0) is 19.6 Å². The number of methoxy groups -OCH3 is 1. The van der Waals surface area contributed by atoms with Crippen molar-refractivity contribution in [2.24, 2.45) is 0 Å². The van der Waals surface area contributed by atoms with Crippen LogP contribution in [-0.4, -0.2) is 27.0 Å². The number of carbonyl (C=O) groups excluding carboxylic acids is 1. The highest BCUT2D eigenvalue weighted by molar-refractivity contribution is 7.89. The number of hydrogen-bond acceptors (Lipinski definition) is 4. The maximum absolute atomic E-state index is 12.5. The van der Waals surface area contributed by atoms with Gasteiger partial charge in [0.05, 0.1) is 12.0 Å². The van der Waals surface area contributed by atoms with Gasteiger partial charge in [-0.05, 0) is 38.0 Å². The Morgan fingerprint density at radius 2 is 2.05 bits per heavy atom. The zero-order valence-corrected chi connectivity index (χ0v) is 14.1. The van der Waals surface area contributed by atoms with Gasteiger partial charge in [-0.1, -0.05) is 31.0 Å². The number of halogens is 1. The molecule has 7 heteroatoms. The maximum atomic E-state index is 12.5. The van der Waals surface area contributed by atoms with E-state index in [-0.39, 0.29) is 4.90 Å². The van der Waals surface area contributed by atoms with E-state index in [9.17, 15) is 13.2 Å². The fraction of sp³-hybridized carbons (Fsp3) is 0.500. The molecule has 0 saturated heterocycles. The second-order valence-electron chi connectivity index (χ2n) is 5.09. The van der Waals surface area contributed by atoms with E-state index in [0.717, 1.165) is 0 Å². The van der Waals surface area contributed by atoms with E-state index in [1.165, 1.54) is 20.1 Å². The molecule has 118 valence electrons. The molecule has 0 aliphatic carbocycles. The van der Waals surface area contributed by atoms with Crippen molar-refractivity contribution in [2.45, 2.75) is 44.0 Å². The molecule has 0 heterocycles. The smallest absolute Gasteiger partial charge is 0.326 e. The normalized spacial score (nSPS) is 14.5. The van der Waals surface area contributed by atoms with E-state index in [1.807, 2.05) is 6.92 Å². The highest BCUT2D eigenvalue weighted by atomic mass is 35.5. The van der Waals surface area contributed by atoms with Crippen LogP contribution in [0.5, 0.6) is 0 Å². The molecule has 1 aromatic rings. The molecule has 0 saturated carbocycles. The number of aryl methyl sites for hydroxylation is 1. The van der Waals surface area contributed by atoms with Gasteiger partial charge in [0, 0.05) is 5.02 Å². The number of rotatable bonds is 6. The summed E-state index contributed by atoms with van der Waals surface area (Å²) in [5.41, 5.74) is -0.757. The van der Waals surface area contributed by atoms with Gasteiger partial charge >= 0.3 is 5.97 Å². The topological polar surface area (TPSA) is 72.5 Å². The van der Waals surface area contributed by atoms with E-state index in [2.05, 4.69) is 4.72 Å². The fourth-order valence-electron chi connectivity index (χ4n) is 2.13. The Bertz CT molecular complexity index is 630. The van der Waals surface area contributed by atoms with Crippen LogP contribution in [0.1, 0.15) is 32.3 Å². The lowest BCUT2D eigenvalue weighted by Crippen LogP contribution is -2.52. The molecular weight excluding hydrogens is 314 g/mol. The first kappa shape index (κ1) is 17.9. The second kappa shape index (κ2) is 6.77. The third kappa shape index (κ3) is 4.18. The molecule has 5 nitrogen and oxygen atoms in total. The SMILES string of the molecule is CCCC(C)(NS(=O)(=O)c1cc(Cl)ccc1C)C(=O)OC. The summed E-state index contributed by atoms with van der Waals surface area (Å²) in [4.78, 5) is 12.0. The standard InChI is InChI=1S/C14H20ClNO4S/c1-5-8-14(3,13(17)20-4)16-21(18,19)12-9-11(15)7-6-10(12)2/h6-7,9,16H,5,8H2,1-4H3. The number of carbonyl (C=O) groups is 1. The van der Waals surface area contributed by atoms with E-state index in [0.29, 0.717) is 23.4 Å². The number of sulfonamides is 1. The van der Waals surface area contributed by atoms with Crippen molar-refractivity contribution in [3.05, 3.63) is 28.8 Å². The number of ether oxygens (including phenoxy) is 1. The molecule has 0 amide bonds. The molecule has 0 aliphatic rings. The monoisotopic (exact) mass is 333 g/mol. The van der Waals surface area contributed by atoms with Gasteiger partial charge in [-0.25, -0.2) is 8.42 Å². The van der Waals surface area contributed by atoms with Crippen molar-refractivity contribution in [2.75, 3.05) is 7.11 Å².